The van der Waals surface area contributed by atoms with Gasteiger partial charge in [0.05, 0.1) is 5.56 Å². The highest BCUT2D eigenvalue weighted by atomic mass is 19.1. The van der Waals surface area contributed by atoms with Crippen molar-refractivity contribution < 1.29 is 19.1 Å². The molecule has 0 fully saturated rings. The van der Waals surface area contributed by atoms with Crippen LogP contribution in [0.5, 0.6) is 0 Å². The number of rotatable bonds is 3. The fraction of sp³-hybridized carbons (Fsp3) is 0.200. The summed E-state index contributed by atoms with van der Waals surface area (Å²) >= 11 is 0. The van der Waals surface area contributed by atoms with Gasteiger partial charge in [0.1, 0.15) is 12.4 Å². The van der Waals surface area contributed by atoms with E-state index < -0.39 is 24.2 Å². The van der Waals surface area contributed by atoms with Gasteiger partial charge in [0, 0.05) is 12.7 Å². The van der Waals surface area contributed by atoms with Gasteiger partial charge in [-0.2, -0.15) is 0 Å². The third-order valence-electron chi connectivity index (χ3n) is 1.94. The van der Waals surface area contributed by atoms with Gasteiger partial charge in [0.25, 0.3) is 5.91 Å². The van der Waals surface area contributed by atoms with Crippen LogP contribution in [0.4, 0.5) is 10.1 Å². The Labute approximate surface area is 91.3 Å². The van der Waals surface area contributed by atoms with E-state index in [9.17, 15) is 14.0 Å². The molecule has 0 unspecified atom stereocenters. The first-order valence-corrected chi connectivity index (χ1v) is 4.44. The molecular formula is C10H11FN2O3. The minimum atomic E-state index is -1.16. The van der Waals surface area contributed by atoms with Gasteiger partial charge in [-0.05, 0) is 18.2 Å². The van der Waals surface area contributed by atoms with E-state index in [-0.39, 0.29) is 11.3 Å². The maximum absolute atomic E-state index is 13.3. The fourth-order valence-corrected chi connectivity index (χ4v) is 1.19. The van der Waals surface area contributed by atoms with Crippen LogP contribution in [0.15, 0.2) is 18.2 Å². The quantitative estimate of drug-likeness (QED) is 0.738. The Morgan fingerprint density at radius 2 is 2.12 bits per heavy atom. The Morgan fingerprint density at radius 3 is 2.62 bits per heavy atom. The van der Waals surface area contributed by atoms with Gasteiger partial charge in [0.2, 0.25) is 0 Å². The van der Waals surface area contributed by atoms with Crippen LogP contribution in [0.3, 0.4) is 0 Å². The van der Waals surface area contributed by atoms with Gasteiger partial charge in [-0.1, -0.05) is 0 Å². The van der Waals surface area contributed by atoms with Gasteiger partial charge in [-0.3, -0.25) is 9.59 Å². The molecule has 0 spiro atoms. The molecule has 6 heteroatoms. The number of anilines is 1. The fourth-order valence-electron chi connectivity index (χ4n) is 1.19. The molecule has 16 heavy (non-hydrogen) atoms. The summed E-state index contributed by atoms with van der Waals surface area (Å²) < 4.78 is 13.3. The second kappa shape index (κ2) is 4.61. The molecule has 0 heterocycles. The van der Waals surface area contributed by atoms with Gasteiger partial charge < -0.3 is 15.7 Å². The van der Waals surface area contributed by atoms with E-state index in [0.29, 0.717) is 0 Å². The van der Waals surface area contributed by atoms with Crippen molar-refractivity contribution >= 4 is 17.6 Å². The zero-order valence-corrected chi connectivity index (χ0v) is 8.61. The summed E-state index contributed by atoms with van der Waals surface area (Å²) in [4.78, 5) is 22.9. The lowest BCUT2D eigenvalue weighted by molar-refractivity contribution is -0.137. The Bertz CT molecular complexity index is 434. The Kier molecular flexibility index (Phi) is 3.44. The minimum Gasteiger partial charge on any atom is -0.480 e. The lowest BCUT2D eigenvalue weighted by atomic mass is 10.1. The molecule has 0 aliphatic rings. The maximum Gasteiger partial charge on any atom is 0.323 e. The molecule has 0 aliphatic carbocycles. The number of hydrogen-bond acceptors (Lipinski definition) is 3. The molecule has 0 aromatic heterocycles. The van der Waals surface area contributed by atoms with Crippen LogP contribution in [-0.4, -0.2) is 35.5 Å². The number of aliphatic carboxylic acids is 1. The van der Waals surface area contributed by atoms with E-state index in [4.69, 9.17) is 10.8 Å². The van der Waals surface area contributed by atoms with E-state index in [1.54, 1.807) is 0 Å². The average molecular weight is 226 g/mol. The lowest BCUT2D eigenvalue weighted by Gasteiger charge is -2.14. The number of nitrogens with zero attached hydrogens (tertiary/aromatic N) is 1. The minimum absolute atomic E-state index is 0.196. The molecule has 0 saturated carbocycles. The summed E-state index contributed by atoms with van der Waals surface area (Å²) in [6.07, 6.45) is 0. The number of nitrogens with two attached hydrogens (primary N) is 1. The van der Waals surface area contributed by atoms with E-state index in [2.05, 4.69) is 0 Å². The van der Waals surface area contributed by atoms with Gasteiger partial charge in [0.15, 0.2) is 0 Å². The van der Waals surface area contributed by atoms with Crippen LogP contribution >= 0.6 is 0 Å². The summed E-state index contributed by atoms with van der Waals surface area (Å²) in [5, 5.41) is 8.49. The lowest BCUT2D eigenvalue weighted by Crippen LogP contribution is -2.32. The number of nitrogen functional groups attached to an aromatic ring is 1. The molecule has 1 rings (SSSR count). The number of carbonyl (C=O) groups is 2. The van der Waals surface area contributed by atoms with Crippen LogP contribution in [0.1, 0.15) is 10.4 Å². The van der Waals surface area contributed by atoms with Crippen LogP contribution in [0.2, 0.25) is 0 Å². The third kappa shape index (κ3) is 2.69. The zero-order chi connectivity index (χ0) is 12.3. The molecule has 0 aliphatic heterocycles. The van der Waals surface area contributed by atoms with Crippen molar-refractivity contribution in [3.05, 3.63) is 29.6 Å². The van der Waals surface area contributed by atoms with Crippen molar-refractivity contribution in [1.29, 1.82) is 0 Å². The van der Waals surface area contributed by atoms with E-state index in [1.165, 1.54) is 19.2 Å². The summed E-state index contributed by atoms with van der Waals surface area (Å²) in [7, 11) is 1.28. The van der Waals surface area contributed by atoms with E-state index in [1.807, 2.05) is 0 Å². The summed E-state index contributed by atoms with van der Waals surface area (Å²) in [5.74, 6) is -2.62. The number of hydrogen-bond donors (Lipinski definition) is 2. The number of halogens is 1. The zero-order valence-electron chi connectivity index (χ0n) is 8.61. The van der Waals surface area contributed by atoms with Crippen molar-refractivity contribution in [2.24, 2.45) is 0 Å². The Hall–Kier alpha value is -2.11. The third-order valence-corrected chi connectivity index (χ3v) is 1.94. The average Bonchev–Trinajstić information content (AvgIpc) is 2.15. The molecule has 0 saturated heterocycles. The van der Waals surface area contributed by atoms with Crippen molar-refractivity contribution in [3.63, 3.8) is 0 Å². The Morgan fingerprint density at radius 1 is 1.50 bits per heavy atom. The first kappa shape index (κ1) is 12.0. The van der Waals surface area contributed by atoms with Crippen LogP contribution in [0.25, 0.3) is 0 Å². The van der Waals surface area contributed by atoms with Crippen molar-refractivity contribution in [2.45, 2.75) is 0 Å². The molecule has 86 valence electrons. The molecule has 0 bridgehead atoms. The molecule has 5 nitrogen and oxygen atoms in total. The first-order chi connectivity index (χ1) is 7.41. The molecule has 0 atom stereocenters. The van der Waals surface area contributed by atoms with Crippen LogP contribution in [-0.2, 0) is 4.79 Å². The van der Waals surface area contributed by atoms with Crippen LogP contribution in [0, 0.1) is 5.82 Å². The highest BCUT2D eigenvalue weighted by Gasteiger charge is 2.17. The number of carboxylic acid groups (broad SMARTS) is 1. The number of carboxylic acids is 1. The standard InChI is InChI=1S/C10H11FN2O3/c1-13(5-9(14)15)10(16)7-3-2-6(12)4-8(7)11/h2-4H,5,12H2,1H3,(H,14,15). The van der Waals surface area contributed by atoms with E-state index >= 15 is 0 Å². The molecule has 3 N–H and O–H groups in total. The Balaban J connectivity index is 2.92. The highest BCUT2D eigenvalue weighted by Crippen LogP contribution is 2.13. The smallest absolute Gasteiger partial charge is 0.323 e. The monoisotopic (exact) mass is 226 g/mol. The maximum atomic E-state index is 13.3. The number of likely N-dealkylation sites (N-methyl/N-ethyl adjacent to an activating group) is 1. The van der Waals surface area contributed by atoms with Crippen molar-refractivity contribution in [2.75, 3.05) is 19.3 Å². The highest BCUT2D eigenvalue weighted by molar-refractivity contribution is 5.96. The molecule has 1 aromatic carbocycles. The van der Waals surface area contributed by atoms with Gasteiger partial charge in [-0.15, -0.1) is 0 Å². The molecule has 1 aromatic rings. The second-order valence-corrected chi connectivity index (χ2v) is 3.29. The first-order valence-electron chi connectivity index (χ1n) is 4.44. The van der Waals surface area contributed by atoms with E-state index in [0.717, 1.165) is 11.0 Å². The summed E-state index contributed by atoms with van der Waals surface area (Å²) in [6.45, 7) is -0.483. The summed E-state index contributed by atoms with van der Waals surface area (Å²) in [5.41, 5.74) is 5.33. The molecule has 1 amide bonds. The number of carbonyl (C=O) groups excluding carboxylic acids is 1. The predicted molar refractivity (Wildman–Crippen MR) is 55.4 cm³/mol. The SMILES string of the molecule is CN(CC(=O)O)C(=O)c1ccc(N)cc1F. The summed E-state index contributed by atoms with van der Waals surface area (Å²) in [6, 6.07) is 3.62. The molecule has 0 radical (unpaired) electrons. The normalized spacial score (nSPS) is 9.88. The van der Waals surface area contributed by atoms with Gasteiger partial charge >= 0.3 is 5.97 Å². The van der Waals surface area contributed by atoms with Crippen molar-refractivity contribution in [1.82, 2.24) is 4.90 Å². The molecular weight excluding hydrogens is 215 g/mol. The van der Waals surface area contributed by atoms with Gasteiger partial charge in [-0.25, -0.2) is 4.39 Å². The predicted octanol–water partition coefficient (Wildman–Crippen LogP) is 0.564. The second-order valence-electron chi connectivity index (χ2n) is 3.29. The largest absolute Gasteiger partial charge is 0.480 e. The van der Waals surface area contributed by atoms with Crippen LogP contribution < -0.4 is 5.73 Å². The van der Waals surface area contributed by atoms with Crippen molar-refractivity contribution in [3.8, 4) is 0 Å². The number of amides is 1. The topological polar surface area (TPSA) is 83.6 Å². The number of benzene rings is 1.